The maximum atomic E-state index is 13.9. The lowest BCUT2D eigenvalue weighted by atomic mass is 9.74. The maximum Gasteiger partial charge on any atom is 0.141 e. The number of nitrogens with zero attached hydrogens (tertiary/aromatic N) is 1. The molecule has 3 rings (SSSR count). The molecular formula is C24H34FN. The number of hydrogen-bond donors (Lipinski definition) is 0. The predicted octanol–water partition coefficient (Wildman–Crippen LogP) is 7.36. The fourth-order valence-corrected chi connectivity index (χ4v) is 5.35. The molecular weight excluding hydrogens is 321 g/mol. The highest BCUT2D eigenvalue weighted by Gasteiger charge is 2.25. The molecule has 2 heteroatoms. The number of rotatable bonds is 6. The Labute approximate surface area is 159 Å². The van der Waals surface area contributed by atoms with Crippen LogP contribution in [-0.4, -0.2) is 0 Å². The van der Waals surface area contributed by atoms with Crippen molar-refractivity contribution in [2.45, 2.75) is 89.9 Å². The molecule has 0 saturated heterocycles. The zero-order valence-electron chi connectivity index (χ0n) is 16.4. The molecule has 142 valence electrons. The summed E-state index contributed by atoms with van der Waals surface area (Å²) in [5.41, 5.74) is 1.25. The first kappa shape index (κ1) is 19.4. The summed E-state index contributed by atoms with van der Waals surface area (Å²) in [6.07, 6.45) is 16.4. The SMILES string of the molecule is CCC[C@H]1CC[C@H](CCC2CCC(c3ccc(C#N)c(F)c3)CC2)CC1. The summed E-state index contributed by atoms with van der Waals surface area (Å²) in [6.45, 7) is 2.31. The van der Waals surface area contributed by atoms with Crippen molar-refractivity contribution >= 4 is 0 Å². The number of halogens is 1. The second kappa shape index (κ2) is 9.54. The lowest BCUT2D eigenvalue weighted by molar-refractivity contribution is 0.224. The number of benzene rings is 1. The molecule has 2 aliphatic carbocycles. The molecule has 0 spiro atoms. The highest BCUT2D eigenvalue weighted by atomic mass is 19.1. The Morgan fingerprint density at radius 2 is 1.42 bits per heavy atom. The van der Waals surface area contributed by atoms with Crippen molar-refractivity contribution < 1.29 is 4.39 Å². The zero-order valence-corrected chi connectivity index (χ0v) is 16.4. The van der Waals surface area contributed by atoms with Crippen molar-refractivity contribution in [1.82, 2.24) is 0 Å². The smallest absolute Gasteiger partial charge is 0.141 e. The van der Waals surface area contributed by atoms with Crippen molar-refractivity contribution in [3.8, 4) is 6.07 Å². The molecule has 0 amide bonds. The fourth-order valence-electron chi connectivity index (χ4n) is 5.35. The van der Waals surface area contributed by atoms with Gasteiger partial charge in [0.15, 0.2) is 0 Å². The Hall–Kier alpha value is -1.36. The van der Waals surface area contributed by atoms with Gasteiger partial charge in [0.1, 0.15) is 11.9 Å². The van der Waals surface area contributed by atoms with Crippen LogP contribution in [0.15, 0.2) is 18.2 Å². The summed E-state index contributed by atoms with van der Waals surface area (Å²) in [7, 11) is 0. The quantitative estimate of drug-likeness (QED) is 0.523. The van der Waals surface area contributed by atoms with Gasteiger partial charge in [0.2, 0.25) is 0 Å². The van der Waals surface area contributed by atoms with Crippen LogP contribution in [0.1, 0.15) is 101 Å². The van der Waals surface area contributed by atoms with Crippen LogP contribution in [0, 0.1) is 34.9 Å². The lowest BCUT2D eigenvalue weighted by Gasteiger charge is -2.32. The molecule has 0 N–H and O–H groups in total. The van der Waals surface area contributed by atoms with Gasteiger partial charge in [0.25, 0.3) is 0 Å². The van der Waals surface area contributed by atoms with E-state index in [9.17, 15) is 4.39 Å². The van der Waals surface area contributed by atoms with E-state index in [1.807, 2.05) is 12.1 Å². The van der Waals surface area contributed by atoms with Crippen molar-refractivity contribution in [2.24, 2.45) is 17.8 Å². The van der Waals surface area contributed by atoms with Crippen molar-refractivity contribution in [3.63, 3.8) is 0 Å². The van der Waals surface area contributed by atoms with Crippen LogP contribution in [0.25, 0.3) is 0 Å². The summed E-state index contributed by atoms with van der Waals surface area (Å²) in [4.78, 5) is 0. The van der Waals surface area contributed by atoms with Crippen LogP contribution in [0.3, 0.4) is 0 Å². The molecule has 2 aliphatic rings. The average Bonchev–Trinajstić information content (AvgIpc) is 2.68. The summed E-state index contributed by atoms with van der Waals surface area (Å²) in [5.74, 6) is 3.00. The third-order valence-electron chi connectivity index (χ3n) is 7.08. The minimum absolute atomic E-state index is 0.163. The second-order valence-corrected chi connectivity index (χ2v) is 8.82. The maximum absolute atomic E-state index is 13.9. The molecule has 0 atom stereocenters. The molecule has 1 nitrogen and oxygen atoms in total. The normalized spacial score (nSPS) is 29.3. The van der Waals surface area contributed by atoms with E-state index in [-0.39, 0.29) is 11.4 Å². The van der Waals surface area contributed by atoms with Crippen LogP contribution in [0.4, 0.5) is 4.39 Å². The first-order chi connectivity index (χ1) is 12.7. The van der Waals surface area contributed by atoms with Gasteiger partial charge in [-0.25, -0.2) is 4.39 Å². The molecule has 0 heterocycles. The van der Waals surface area contributed by atoms with E-state index in [1.165, 1.54) is 77.0 Å². The Morgan fingerprint density at radius 3 is 1.92 bits per heavy atom. The van der Waals surface area contributed by atoms with Gasteiger partial charge in [-0.1, -0.05) is 64.4 Å². The topological polar surface area (TPSA) is 23.8 Å². The third kappa shape index (κ3) is 5.09. The Morgan fingerprint density at radius 1 is 0.885 bits per heavy atom. The van der Waals surface area contributed by atoms with E-state index in [1.54, 1.807) is 12.1 Å². The average molecular weight is 356 g/mol. The van der Waals surface area contributed by atoms with Crippen LogP contribution in [-0.2, 0) is 0 Å². The predicted molar refractivity (Wildman–Crippen MR) is 105 cm³/mol. The third-order valence-corrected chi connectivity index (χ3v) is 7.08. The van der Waals surface area contributed by atoms with E-state index in [0.29, 0.717) is 5.92 Å². The summed E-state index contributed by atoms with van der Waals surface area (Å²) in [6, 6.07) is 7.11. The lowest BCUT2D eigenvalue weighted by Crippen LogP contribution is -2.17. The molecule has 1 aromatic rings. The first-order valence-corrected chi connectivity index (χ1v) is 10.9. The van der Waals surface area contributed by atoms with Gasteiger partial charge in [-0.15, -0.1) is 0 Å². The zero-order chi connectivity index (χ0) is 18.4. The fraction of sp³-hybridized carbons (Fsp3) is 0.708. The van der Waals surface area contributed by atoms with Crippen LogP contribution in [0.2, 0.25) is 0 Å². The van der Waals surface area contributed by atoms with Gasteiger partial charge < -0.3 is 0 Å². The second-order valence-electron chi connectivity index (χ2n) is 8.82. The molecule has 2 fully saturated rings. The molecule has 26 heavy (non-hydrogen) atoms. The van der Waals surface area contributed by atoms with Crippen LogP contribution < -0.4 is 0 Å². The molecule has 0 aliphatic heterocycles. The van der Waals surface area contributed by atoms with Crippen LogP contribution >= 0.6 is 0 Å². The Balaban J connectivity index is 1.39. The minimum atomic E-state index is -0.356. The van der Waals surface area contributed by atoms with E-state index >= 15 is 0 Å². The number of hydrogen-bond acceptors (Lipinski definition) is 1. The van der Waals surface area contributed by atoms with Crippen LogP contribution in [0.5, 0.6) is 0 Å². The number of nitriles is 1. The first-order valence-electron chi connectivity index (χ1n) is 10.9. The van der Waals surface area contributed by atoms with Gasteiger partial charge >= 0.3 is 0 Å². The summed E-state index contributed by atoms with van der Waals surface area (Å²) in [5, 5.41) is 8.87. The van der Waals surface area contributed by atoms with Gasteiger partial charge in [-0.05, 0) is 67.1 Å². The molecule has 0 bridgehead atoms. The van der Waals surface area contributed by atoms with Gasteiger partial charge in [0.05, 0.1) is 5.56 Å². The molecule has 0 unspecified atom stereocenters. The Kier molecular flexibility index (Phi) is 7.12. The van der Waals surface area contributed by atoms with Gasteiger partial charge in [-0.3, -0.25) is 0 Å². The molecule has 1 aromatic carbocycles. The standard InChI is InChI=1S/C24H34FN/c1-2-3-18-4-6-19(7-5-18)8-9-20-10-12-21(13-11-20)22-14-15-23(17-26)24(25)16-22/h14-16,18-21H,2-13H2,1H3/t18-,19-,20?,21?. The molecule has 2 saturated carbocycles. The minimum Gasteiger partial charge on any atom is -0.206 e. The molecule has 0 aromatic heterocycles. The van der Waals surface area contributed by atoms with Crippen molar-refractivity contribution in [1.29, 1.82) is 5.26 Å². The van der Waals surface area contributed by atoms with E-state index in [2.05, 4.69) is 6.92 Å². The van der Waals surface area contributed by atoms with Crippen molar-refractivity contribution in [2.75, 3.05) is 0 Å². The highest BCUT2D eigenvalue weighted by Crippen LogP contribution is 2.40. The van der Waals surface area contributed by atoms with E-state index in [4.69, 9.17) is 5.26 Å². The summed E-state index contributed by atoms with van der Waals surface area (Å²) >= 11 is 0. The summed E-state index contributed by atoms with van der Waals surface area (Å²) < 4.78 is 13.9. The Bertz CT molecular complexity index is 601. The van der Waals surface area contributed by atoms with Crippen molar-refractivity contribution in [3.05, 3.63) is 35.1 Å². The van der Waals surface area contributed by atoms with Gasteiger partial charge in [-0.2, -0.15) is 5.26 Å². The monoisotopic (exact) mass is 355 g/mol. The highest BCUT2D eigenvalue weighted by molar-refractivity contribution is 5.34. The molecule has 0 radical (unpaired) electrons. The largest absolute Gasteiger partial charge is 0.206 e. The van der Waals surface area contributed by atoms with Gasteiger partial charge in [0, 0.05) is 0 Å². The van der Waals surface area contributed by atoms with E-state index < -0.39 is 0 Å². The van der Waals surface area contributed by atoms with E-state index in [0.717, 1.165) is 23.3 Å².